The van der Waals surface area contributed by atoms with Gasteiger partial charge in [-0.2, -0.15) is 5.10 Å². The van der Waals surface area contributed by atoms with Crippen LogP contribution in [-0.4, -0.2) is 55.5 Å². The van der Waals surface area contributed by atoms with Gasteiger partial charge in [-0.05, 0) is 63.2 Å². The van der Waals surface area contributed by atoms with E-state index in [2.05, 4.69) is 22.0 Å². The van der Waals surface area contributed by atoms with Crippen LogP contribution in [0.2, 0.25) is 5.02 Å². The van der Waals surface area contributed by atoms with E-state index in [1.165, 1.54) is 12.8 Å². The molecule has 1 aliphatic heterocycles. The third-order valence-corrected chi connectivity index (χ3v) is 7.57. The van der Waals surface area contributed by atoms with Crippen molar-refractivity contribution in [3.8, 4) is 22.6 Å². The van der Waals surface area contributed by atoms with E-state index in [9.17, 15) is 0 Å². The first-order valence-electron chi connectivity index (χ1n) is 11.0. The molecule has 0 saturated carbocycles. The SMILES string of the molecule is CN1CCC(CSc2nc(-c3cc(Cl)c4ncccc4c3)c(-c3ccn(C)n3)nc2N)CC1. The predicted octanol–water partition coefficient (Wildman–Crippen LogP) is 4.76. The van der Waals surface area contributed by atoms with Gasteiger partial charge >= 0.3 is 0 Å². The average Bonchev–Trinajstić information content (AvgIpc) is 3.25. The normalized spacial score (nSPS) is 15.4. The Bertz CT molecular complexity index is 1300. The minimum Gasteiger partial charge on any atom is -0.381 e. The standard InChI is InChI=1S/C24H26ClN7S/c1-31-9-5-15(6-10-31)14-33-24-23(26)28-22(19-7-11-32(2)30-19)21(29-24)17-12-16-4-3-8-27-20(16)18(25)13-17/h3-4,7-8,11-13,15H,5-6,9-10,14H2,1-2H3,(H2,26,28). The molecule has 4 heterocycles. The van der Waals surface area contributed by atoms with Gasteiger partial charge in [0.05, 0.1) is 16.2 Å². The maximum atomic E-state index is 6.60. The van der Waals surface area contributed by atoms with Crippen LogP contribution in [0.15, 0.2) is 47.8 Å². The highest BCUT2D eigenvalue weighted by atomic mass is 35.5. The van der Waals surface area contributed by atoms with Gasteiger partial charge in [-0.15, -0.1) is 11.8 Å². The number of hydrogen-bond donors (Lipinski definition) is 1. The fourth-order valence-electron chi connectivity index (χ4n) is 4.17. The highest BCUT2D eigenvalue weighted by Gasteiger charge is 2.21. The van der Waals surface area contributed by atoms with Gasteiger partial charge in [0, 0.05) is 36.1 Å². The first-order chi connectivity index (χ1) is 16.0. The Morgan fingerprint density at radius 3 is 2.70 bits per heavy atom. The molecular formula is C24H26ClN7S. The number of thioether (sulfide) groups is 1. The molecule has 1 saturated heterocycles. The lowest BCUT2D eigenvalue weighted by molar-refractivity contribution is 0.232. The van der Waals surface area contributed by atoms with Crippen LogP contribution in [0, 0.1) is 5.92 Å². The molecular weight excluding hydrogens is 454 g/mol. The Kier molecular flexibility index (Phi) is 6.23. The number of halogens is 1. The number of pyridine rings is 1. The molecule has 0 spiro atoms. The second kappa shape index (κ2) is 9.29. The monoisotopic (exact) mass is 479 g/mol. The number of likely N-dealkylation sites (tertiary alicyclic amines) is 1. The largest absolute Gasteiger partial charge is 0.381 e. The van der Waals surface area contributed by atoms with E-state index in [4.69, 9.17) is 27.3 Å². The van der Waals surface area contributed by atoms with Crippen molar-refractivity contribution in [2.45, 2.75) is 17.9 Å². The summed E-state index contributed by atoms with van der Waals surface area (Å²) >= 11 is 8.29. The van der Waals surface area contributed by atoms with Crippen LogP contribution in [0.25, 0.3) is 33.5 Å². The van der Waals surface area contributed by atoms with Crippen LogP contribution in [0.1, 0.15) is 12.8 Å². The molecule has 0 bridgehead atoms. The van der Waals surface area contributed by atoms with Gasteiger partial charge in [-0.1, -0.05) is 17.7 Å². The lowest BCUT2D eigenvalue weighted by Gasteiger charge is -2.28. The Morgan fingerprint density at radius 1 is 1.12 bits per heavy atom. The van der Waals surface area contributed by atoms with E-state index >= 15 is 0 Å². The zero-order valence-corrected chi connectivity index (χ0v) is 20.3. The number of aryl methyl sites for hydroxylation is 1. The molecule has 0 radical (unpaired) electrons. The summed E-state index contributed by atoms with van der Waals surface area (Å²) < 4.78 is 1.75. The number of nitrogens with two attached hydrogens (primary N) is 1. The Balaban J connectivity index is 1.56. The average molecular weight is 480 g/mol. The molecule has 1 aliphatic rings. The van der Waals surface area contributed by atoms with Crippen molar-refractivity contribution in [3.63, 3.8) is 0 Å². The van der Waals surface area contributed by atoms with Crippen LogP contribution in [-0.2, 0) is 7.05 Å². The summed E-state index contributed by atoms with van der Waals surface area (Å²) in [6.07, 6.45) is 6.02. The van der Waals surface area contributed by atoms with Crippen molar-refractivity contribution in [1.82, 2.24) is 29.6 Å². The van der Waals surface area contributed by atoms with Gasteiger partial charge in [0.1, 0.15) is 16.4 Å². The van der Waals surface area contributed by atoms with Crippen LogP contribution >= 0.6 is 23.4 Å². The van der Waals surface area contributed by atoms with E-state index in [0.29, 0.717) is 22.5 Å². The van der Waals surface area contributed by atoms with E-state index < -0.39 is 0 Å². The van der Waals surface area contributed by atoms with Crippen molar-refractivity contribution in [2.75, 3.05) is 31.6 Å². The van der Waals surface area contributed by atoms with Crippen molar-refractivity contribution >= 4 is 40.1 Å². The number of aromatic nitrogens is 5. The quantitative estimate of drug-likeness (QED) is 0.413. The van der Waals surface area contributed by atoms with E-state index in [1.807, 2.05) is 43.6 Å². The number of fused-ring (bicyclic) bond motifs is 1. The lowest BCUT2D eigenvalue weighted by Crippen LogP contribution is -2.31. The Hall–Kier alpha value is -2.68. The number of nitrogen functional groups attached to an aromatic ring is 1. The number of hydrogen-bond acceptors (Lipinski definition) is 7. The molecule has 0 amide bonds. The minimum atomic E-state index is 0.436. The molecule has 7 nitrogen and oxygen atoms in total. The molecule has 170 valence electrons. The van der Waals surface area contributed by atoms with Crippen LogP contribution in [0.5, 0.6) is 0 Å². The molecule has 3 aromatic heterocycles. The van der Waals surface area contributed by atoms with E-state index in [-0.39, 0.29) is 0 Å². The number of benzene rings is 1. The van der Waals surface area contributed by atoms with Gasteiger partial charge in [0.25, 0.3) is 0 Å². The number of piperidine rings is 1. The Labute approximate surface area is 202 Å². The summed E-state index contributed by atoms with van der Waals surface area (Å²) in [5.41, 5.74) is 10.1. The van der Waals surface area contributed by atoms with Gasteiger partial charge in [0.15, 0.2) is 5.82 Å². The molecule has 2 N–H and O–H groups in total. The molecule has 9 heteroatoms. The minimum absolute atomic E-state index is 0.436. The third-order valence-electron chi connectivity index (χ3n) is 6.07. The summed E-state index contributed by atoms with van der Waals surface area (Å²) in [7, 11) is 4.06. The lowest BCUT2D eigenvalue weighted by atomic mass is 10.00. The van der Waals surface area contributed by atoms with Crippen LogP contribution in [0.4, 0.5) is 5.82 Å². The summed E-state index contributed by atoms with van der Waals surface area (Å²) in [6, 6.07) is 9.77. The molecule has 1 fully saturated rings. The highest BCUT2D eigenvalue weighted by Crippen LogP contribution is 2.37. The van der Waals surface area contributed by atoms with Crippen LogP contribution in [0.3, 0.4) is 0 Å². The molecule has 0 unspecified atom stereocenters. The smallest absolute Gasteiger partial charge is 0.156 e. The van der Waals surface area contributed by atoms with Crippen LogP contribution < -0.4 is 5.73 Å². The summed E-state index contributed by atoms with van der Waals surface area (Å²) in [4.78, 5) is 16.6. The summed E-state index contributed by atoms with van der Waals surface area (Å²) in [6.45, 7) is 2.28. The zero-order valence-electron chi connectivity index (χ0n) is 18.7. The zero-order chi connectivity index (χ0) is 22.9. The first-order valence-corrected chi connectivity index (χ1v) is 12.4. The second-order valence-electron chi connectivity index (χ2n) is 8.58. The number of rotatable bonds is 5. The van der Waals surface area contributed by atoms with Crippen molar-refractivity contribution in [2.24, 2.45) is 13.0 Å². The maximum Gasteiger partial charge on any atom is 0.156 e. The molecule has 1 aromatic carbocycles. The molecule has 4 aromatic rings. The first kappa shape index (κ1) is 22.1. The molecule has 0 aliphatic carbocycles. The van der Waals surface area contributed by atoms with Gasteiger partial charge in [-0.25, -0.2) is 9.97 Å². The van der Waals surface area contributed by atoms with E-state index in [0.717, 1.165) is 51.7 Å². The van der Waals surface area contributed by atoms with Crippen molar-refractivity contribution in [3.05, 3.63) is 47.7 Å². The second-order valence-corrected chi connectivity index (χ2v) is 9.99. The summed E-state index contributed by atoms with van der Waals surface area (Å²) in [5, 5.41) is 6.83. The van der Waals surface area contributed by atoms with Crippen molar-refractivity contribution < 1.29 is 0 Å². The number of anilines is 1. The molecule has 5 rings (SSSR count). The predicted molar refractivity (Wildman–Crippen MR) is 135 cm³/mol. The highest BCUT2D eigenvalue weighted by molar-refractivity contribution is 7.99. The number of nitrogens with zero attached hydrogens (tertiary/aromatic N) is 6. The summed E-state index contributed by atoms with van der Waals surface area (Å²) in [5.74, 6) is 2.08. The fraction of sp³-hybridized carbons (Fsp3) is 0.333. The molecule has 0 atom stereocenters. The Morgan fingerprint density at radius 2 is 1.94 bits per heavy atom. The van der Waals surface area contributed by atoms with Gasteiger partial charge in [0.2, 0.25) is 0 Å². The molecule has 33 heavy (non-hydrogen) atoms. The third kappa shape index (κ3) is 4.69. The topological polar surface area (TPSA) is 85.8 Å². The van der Waals surface area contributed by atoms with Gasteiger partial charge in [-0.3, -0.25) is 9.67 Å². The van der Waals surface area contributed by atoms with Crippen molar-refractivity contribution in [1.29, 1.82) is 0 Å². The maximum absolute atomic E-state index is 6.60. The fourth-order valence-corrected chi connectivity index (χ4v) is 5.52. The van der Waals surface area contributed by atoms with Gasteiger partial charge < -0.3 is 10.6 Å². The van der Waals surface area contributed by atoms with E-state index in [1.54, 1.807) is 22.6 Å².